The molecule has 39 heteroatoms. The number of carbonyl (C=O) groups is 6. The van der Waals surface area contributed by atoms with E-state index in [1.54, 1.807) is 59.9 Å². The number of nitrogen functional groups attached to an aromatic ring is 2. The zero-order valence-corrected chi connectivity index (χ0v) is 53.7. The summed E-state index contributed by atoms with van der Waals surface area (Å²) in [5, 5.41) is 38.6. The number of oxime groups is 2. The van der Waals surface area contributed by atoms with Crippen molar-refractivity contribution in [2.45, 2.75) is 63.1 Å². The molecule has 0 spiro atoms. The van der Waals surface area contributed by atoms with Crippen molar-refractivity contribution in [3.05, 3.63) is 105 Å². The van der Waals surface area contributed by atoms with Crippen LogP contribution in [0.15, 0.2) is 83.4 Å². The number of carbonyl (C=O) groups excluding carboxylic acids is 4. The molecule has 0 radical (unpaired) electrons. The number of benzene rings is 2. The number of pyridine rings is 2. The molecule has 4 atom stereocenters. The number of nitrogens with two attached hydrogens (primary N) is 4. The van der Waals surface area contributed by atoms with E-state index in [9.17, 15) is 47.4 Å². The van der Waals surface area contributed by atoms with E-state index in [1.807, 2.05) is 0 Å². The highest BCUT2D eigenvalue weighted by molar-refractivity contribution is 7.81. The van der Waals surface area contributed by atoms with Gasteiger partial charge in [0.2, 0.25) is 0 Å². The van der Waals surface area contributed by atoms with Crippen LogP contribution in [0.3, 0.4) is 0 Å². The second-order valence-electron chi connectivity index (χ2n) is 21.2. The fourth-order valence-corrected chi connectivity index (χ4v) is 11.7. The largest absolute Gasteiger partial charge is 0.489 e. The van der Waals surface area contributed by atoms with Crippen molar-refractivity contribution in [1.29, 1.82) is 0 Å². The molecular formula is C54H60Cl2F2N16O16S3+2. The van der Waals surface area contributed by atoms with Crippen LogP contribution in [-0.4, -0.2) is 160 Å². The molecule has 4 aromatic heterocycles. The number of ether oxygens (including phenoxy) is 2. The SMILES string of the molecule is C[n+]1cc(-c2ccc(OC[C@H](O/N=C(\C(=O)N[C@@H]3C(=O)N(OS(=O)(=O)ON4C(=O)[C@@H](NC(=O)/C(=N\O[C@@H](COc5ccc(-c6ccc(NCCN)[n+](C)c6)c(F)c5)C(=O)O)c5nc(N)sc5Cl)C4(C)C)C3(C)C)c3nc(N)sc3Cl)C(=O)O)cc2F)ccc1NCCN. The number of hydrogen-bond acceptors (Lipinski definition) is 26. The lowest BCUT2D eigenvalue weighted by Crippen LogP contribution is -2.78. The Morgan fingerprint density at radius 1 is 0.677 bits per heavy atom. The van der Waals surface area contributed by atoms with Gasteiger partial charge in [0.05, 0.1) is 50.7 Å². The molecule has 0 unspecified atom stereocenters. The average molecular weight is 1390 g/mol. The van der Waals surface area contributed by atoms with Crippen molar-refractivity contribution in [2.24, 2.45) is 35.9 Å². The van der Waals surface area contributed by atoms with E-state index in [2.05, 4.69) is 41.5 Å². The predicted octanol–water partition coefficient (Wildman–Crippen LogP) is 1.60. The zero-order valence-electron chi connectivity index (χ0n) is 49.7. The molecule has 2 saturated heterocycles. The van der Waals surface area contributed by atoms with Gasteiger partial charge in [0, 0.05) is 59.6 Å². The summed E-state index contributed by atoms with van der Waals surface area (Å²) < 4.78 is 81.9. The maximum atomic E-state index is 15.4. The second kappa shape index (κ2) is 28.8. The number of rotatable bonds is 30. The summed E-state index contributed by atoms with van der Waals surface area (Å²) in [5.74, 6) is -8.46. The monoisotopic (exact) mass is 1390 g/mol. The maximum Gasteiger partial charge on any atom is 0.442 e. The highest BCUT2D eigenvalue weighted by atomic mass is 35.5. The molecule has 2 aliphatic rings. The van der Waals surface area contributed by atoms with Gasteiger partial charge in [-0.15, -0.1) is 8.57 Å². The van der Waals surface area contributed by atoms with Crippen LogP contribution in [0.4, 0.5) is 30.7 Å². The standard InChI is InChI=1S/C54H58Cl2F2N16O16S3/c1-53(2)41(67-45(75)39(37-43(55)91-51(61)65-37)69-87-33(49(79)80)23-85-27-9-11-29(31(57)19-27)25-7-13-35(63-17-15-59)71(5)21-25)47(77)73(53)89-93(83,84)90-74-48(78)42(54(74,3)4)68-46(76)40(38-44(56)92-52(62)66-38)70-88-34(50(81)82)24-86-28-10-12-30(32(58)20-28)26-8-14-36(64-18-16-60)72(6)22-26/h7-14,19-22,33-34,41-42H,15-18,23-24,59-60H2,1-6H3,(H8,61,62,65,66,67,68,75,76,79,80,81,82)/p+2/b69-39-,70-40-/t33-,34-,41+,42+/m0/s1. The molecule has 2 fully saturated rings. The molecule has 496 valence electrons. The lowest BCUT2D eigenvalue weighted by molar-refractivity contribution is -0.656. The summed E-state index contributed by atoms with van der Waals surface area (Å²) in [6, 6.07) is 11.2. The first-order valence-electron chi connectivity index (χ1n) is 27.3. The quantitative estimate of drug-likeness (QED) is 0.0132. The van der Waals surface area contributed by atoms with Crippen LogP contribution in [0.2, 0.25) is 8.67 Å². The van der Waals surface area contributed by atoms with Gasteiger partial charge in [0.1, 0.15) is 68.5 Å². The van der Waals surface area contributed by atoms with Gasteiger partial charge in [-0.25, -0.2) is 37.5 Å². The predicted molar refractivity (Wildman–Crippen MR) is 330 cm³/mol. The first kappa shape index (κ1) is 69.7. The number of nitrogens with zero attached hydrogens (tertiary/aromatic N) is 8. The summed E-state index contributed by atoms with van der Waals surface area (Å²) in [4.78, 5) is 98.4. The molecule has 0 aliphatic carbocycles. The Balaban J connectivity index is 0.886. The minimum atomic E-state index is -5.46. The van der Waals surface area contributed by atoms with Crippen LogP contribution >= 0.6 is 45.9 Å². The van der Waals surface area contributed by atoms with Gasteiger partial charge in [-0.05, 0) is 64.1 Å². The van der Waals surface area contributed by atoms with Gasteiger partial charge in [-0.1, -0.05) is 56.2 Å². The van der Waals surface area contributed by atoms with Crippen molar-refractivity contribution in [3.63, 3.8) is 0 Å². The number of β-lactam (4-membered cyclic amide) rings is 2. The number of aryl methyl sites for hydroxylation is 2. The smallest absolute Gasteiger partial charge is 0.442 e. The van der Waals surface area contributed by atoms with E-state index in [0.29, 0.717) is 60.0 Å². The van der Waals surface area contributed by atoms with Crippen LogP contribution in [0.1, 0.15) is 39.1 Å². The molecule has 0 saturated carbocycles. The number of carboxylic acid groups (broad SMARTS) is 2. The van der Waals surface area contributed by atoms with E-state index in [4.69, 9.17) is 73.9 Å². The Kier molecular flexibility index (Phi) is 21.5. The number of aliphatic carboxylic acids is 2. The first-order valence-corrected chi connectivity index (χ1v) is 31.0. The fraction of sp³-hybridized carbons (Fsp3) is 0.333. The normalized spacial score (nSPS) is 16.7. The van der Waals surface area contributed by atoms with Crippen molar-refractivity contribution in [2.75, 3.05) is 61.5 Å². The second-order valence-corrected chi connectivity index (χ2v) is 25.6. The number of nitrogens with one attached hydrogen (secondary N) is 4. The van der Waals surface area contributed by atoms with Crippen molar-refractivity contribution in [1.82, 2.24) is 30.7 Å². The van der Waals surface area contributed by atoms with Gasteiger partial charge < -0.3 is 62.9 Å². The fourth-order valence-electron chi connectivity index (χ4n) is 8.97. The van der Waals surface area contributed by atoms with Gasteiger partial charge in [-0.3, -0.25) is 29.8 Å². The zero-order chi connectivity index (χ0) is 68.0. The van der Waals surface area contributed by atoms with Gasteiger partial charge in [-0.2, -0.15) is 18.5 Å². The Bertz CT molecular complexity index is 3840. The minimum Gasteiger partial charge on any atom is -0.489 e. The van der Waals surface area contributed by atoms with Crippen LogP contribution in [0.5, 0.6) is 11.5 Å². The van der Waals surface area contributed by atoms with Crippen LogP contribution < -0.4 is 62.8 Å². The molecule has 14 N–H and O–H groups in total. The van der Waals surface area contributed by atoms with E-state index < -0.39 is 129 Å². The molecular weight excluding hydrogens is 1330 g/mol. The Hall–Kier alpha value is -9.21. The summed E-state index contributed by atoms with van der Waals surface area (Å²) >= 11 is 14.0. The number of hydroxylamine groups is 4. The molecule has 0 bridgehead atoms. The molecule has 6 aromatic rings. The number of amides is 4. The van der Waals surface area contributed by atoms with Crippen molar-refractivity contribution < 1.29 is 93.0 Å². The molecule has 2 aromatic carbocycles. The molecule has 93 heavy (non-hydrogen) atoms. The highest BCUT2D eigenvalue weighted by Gasteiger charge is 2.61. The highest BCUT2D eigenvalue weighted by Crippen LogP contribution is 2.38. The van der Waals surface area contributed by atoms with Crippen LogP contribution in [0.25, 0.3) is 22.3 Å². The molecule has 2 aliphatic heterocycles. The summed E-state index contributed by atoms with van der Waals surface area (Å²) in [7, 11) is -1.95. The van der Waals surface area contributed by atoms with Crippen molar-refractivity contribution in [3.8, 4) is 33.8 Å². The Morgan fingerprint density at radius 3 is 1.35 bits per heavy atom. The third kappa shape index (κ3) is 15.8. The van der Waals surface area contributed by atoms with Crippen LogP contribution in [-0.2, 0) is 71.5 Å². The van der Waals surface area contributed by atoms with Gasteiger partial charge in [0.15, 0.2) is 21.7 Å². The minimum absolute atomic E-state index is 0.106. The van der Waals surface area contributed by atoms with Gasteiger partial charge in [0.25, 0.3) is 47.5 Å². The van der Waals surface area contributed by atoms with Crippen LogP contribution in [0, 0.1) is 11.6 Å². The number of anilines is 4. The lowest BCUT2D eigenvalue weighted by atomic mass is 9.84. The summed E-state index contributed by atoms with van der Waals surface area (Å²) in [5.41, 5.74) is 18.2. The molecule has 6 heterocycles. The van der Waals surface area contributed by atoms with E-state index in [-0.39, 0.29) is 51.7 Å². The Labute approximate surface area is 545 Å². The first-order chi connectivity index (χ1) is 43.8. The third-order valence-corrected chi connectivity index (χ3v) is 16.7. The van der Waals surface area contributed by atoms with E-state index in [1.165, 1.54) is 52.0 Å². The molecule has 4 amide bonds. The summed E-state index contributed by atoms with van der Waals surface area (Å²) in [6.45, 7) is 5.19. The van der Waals surface area contributed by atoms with Gasteiger partial charge >= 0.3 is 22.3 Å². The average Bonchev–Trinajstić information content (AvgIpc) is 1.14. The Morgan fingerprint density at radius 2 is 1.05 bits per heavy atom. The molecule has 32 nitrogen and oxygen atoms in total. The number of thiazole rings is 2. The summed E-state index contributed by atoms with van der Waals surface area (Å²) in [6.07, 6.45) is -0.575. The number of halogens is 4. The van der Waals surface area contributed by atoms with Crippen molar-refractivity contribution >= 4 is 125 Å². The topological polar surface area (TPSA) is 449 Å². The van der Waals surface area contributed by atoms with E-state index >= 15 is 8.78 Å². The van der Waals surface area contributed by atoms with E-state index in [0.717, 1.165) is 23.8 Å². The maximum absolute atomic E-state index is 15.4. The third-order valence-electron chi connectivity index (χ3n) is 13.9. The number of hydrogen-bond donors (Lipinski definition) is 10. The lowest BCUT2D eigenvalue weighted by Gasteiger charge is -2.52. The molecule has 8 rings (SSSR count). The number of aromatic nitrogens is 4. The number of carboxylic acids is 2.